The first-order valence-corrected chi connectivity index (χ1v) is 13.6. The molecule has 8 heteroatoms. The molecule has 2 aromatic rings. The predicted molar refractivity (Wildman–Crippen MR) is 140 cm³/mol. The molecule has 0 aromatic heterocycles. The van der Waals surface area contributed by atoms with E-state index in [0.29, 0.717) is 49.1 Å². The number of hydrogen-bond acceptors (Lipinski definition) is 7. The van der Waals surface area contributed by atoms with E-state index in [2.05, 4.69) is 6.92 Å². The van der Waals surface area contributed by atoms with E-state index >= 15 is 0 Å². The van der Waals surface area contributed by atoms with Crippen molar-refractivity contribution in [1.29, 1.82) is 0 Å². The average molecular weight is 521 g/mol. The molecule has 2 aromatic carbocycles. The van der Waals surface area contributed by atoms with Crippen LogP contribution in [-0.4, -0.2) is 44.6 Å². The van der Waals surface area contributed by atoms with Gasteiger partial charge in [-0.05, 0) is 30.7 Å². The number of aliphatic carboxylic acids is 1. The van der Waals surface area contributed by atoms with Crippen molar-refractivity contribution < 1.29 is 52.4 Å². The minimum Gasteiger partial charge on any atom is -0.548 e. The van der Waals surface area contributed by atoms with Crippen molar-refractivity contribution in [2.24, 2.45) is 0 Å². The number of para-hydroxylation sites is 4. The number of hydrogen-bond donors (Lipinski definition) is 0. The van der Waals surface area contributed by atoms with Crippen molar-refractivity contribution in [3.63, 3.8) is 0 Å². The molecule has 1 aliphatic heterocycles. The number of ether oxygens (including phenoxy) is 5. The Morgan fingerprint density at radius 3 is 1.68 bits per heavy atom. The molecule has 0 amide bonds. The summed E-state index contributed by atoms with van der Waals surface area (Å²) in [6, 6.07) is 14.9. The van der Waals surface area contributed by atoms with Gasteiger partial charge in [-0.1, -0.05) is 82.6 Å². The molecule has 0 saturated heterocycles. The van der Waals surface area contributed by atoms with E-state index < -0.39 is 18.2 Å². The van der Waals surface area contributed by atoms with Crippen LogP contribution < -0.4 is 42.9 Å². The van der Waals surface area contributed by atoms with E-state index in [4.69, 9.17) is 23.7 Å². The zero-order chi connectivity index (χ0) is 26.2. The summed E-state index contributed by atoms with van der Waals surface area (Å²) in [5.41, 5.74) is -0.993. The third-order valence-corrected chi connectivity index (χ3v) is 6.47. The summed E-state index contributed by atoms with van der Waals surface area (Å²) in [6.07, 6.45) is 10.6. The molecule has 0 atom stereocenters. The van der Waals surface area contributed by atoms with E-state index in [-0.39, 0.29) is 32.1 Å². The van der Waals surface area contributed by atoms with Crippen LogP contribution in [0.1, 0.15) is 71.1 Å². The zero-order valence-electron chi connectivity index (χ0n) is 23.1. The van der Waals surface area contributed by atoms with Crippen LogP contribution in [-0.2, 0) is 9.53 Å². The van der Waals surface area contributed by atoms with Crippen LogP contribution in [0.5, 0.6) is 23.0 Å². The van der Waals surface area contributed by atoms with Crippen molar-refractivity contribution in [2.45, 2.75) is 76.7 Å². The van der Waals surface area contributed by atoms with Gasteiger partial charge < -0.3 is 33.6 Å². The van der Waals surface area contributed by atoms with E-state index in [1.165, 1.54) is 32.1 Å². The van der Waals surface area contributed by atoms with Gasteiger partial charge in [-0.15, -0.1) is 0 Å². The minimum atomic E-state index is -1.28. The van der Waals surface area contributed by atoms with Crippen LogP contribution in [0.15, 0.2) is 48.5 Å². The van der Waals surface area contributed by atoms with E-state index in [1.54, 1.807) is 0 Å². The summed E-state index contributed by atoms with van der Waals surface area (Å²) in [5.74, 6) is 1.14. The van der Waals surface area contributed by atoms with Gasteiger partial charge >= 0.3 is 18.9 Å². The Balaban J connectivity index is 0.00000507. The molecular weight excluding hydrogens is 479 g/mol. The molecule has 0 fully saturated rings. The van der Waals surface area contributed by atoms with Crippen molar-refractivity contribution in [1.82, 2.24) is 0 Å². The van der Waals surface area contributed by atoms with Gasteiger partial charge in [-0.2, -0.15) is 0 Å². The van der Waals surface area contributed by atoms with Crippen LogP contribution in [0.2, 0.25) is 0 Å². The fourth-order valence-electron chi connectivity index (χ4n) is 4.35. The summed E-state index contributed by atoms with van der Waals surface area (Å²) < 4.78 is 30.3. The molecule has 0 radical (unpaired) electrons. The Hall–Kier alpha value is -2.33. The van der Waals surface area contributed by atoms with E-state index in [9.17, 15) is 9.90 Å². The first-order chi connectivity index (χ1) is 18.1. The fourth-order valence-corrected chi connectivity index (χ4v) is 4.35. The van der Waals surface area contributed by atoms with Crippen molar-refractivity contribution in [3.05, 3.63) is 48.5 Å². The molecule has 0 bridgehead atoms. The molecule has 0 N–H and O–H groups in total. The van der Waals surface area contributed by atoms with Gasteiger partial charge in [0, 0.05) is 6.42 Å². The smallest absolute Gasteiger partial charge is 0.548 e. The molecular formula is C30H41LiO7. The molecule has 0 unspecified atom stereocenters. The zero-order valence-corrected chi connectivity index (χ0v) is 23.1. The monoisotopic (exact) mass is 520 g/mol. The quantitative estimate of drug-likeness (QED) is 0.314. The Kier molecular flexibility index (Phi) is 15.1. The minimum absolute atomic E-state index is 0. The topological polar surface area (TPSA) is 86.3 Å². The van der Waals surface area contributed by atoms with Gasteiger partial charge in [0.05, 0.1) is 25.8 Å². The normalized spacial score (nSPS) is 15.1. The van der Waals surface area contributed by atoms with Gasteiger partial charge in [0.1, 0.15) is 18.8 Å². The summed E-state index contributed by atoms with van der Waals surface area (Å²) in [5, 5.41) is 11.4. The Bertz CT molecular complexity index is 883. The van der Waals surface area contributed by atoms with Crippen LogP contribution in [0.4, 0.5) is 0 Å². The SMILES string of the molecule is CCCCCCCCCCC1(OCC(=O)[O-])COc2ccccc2OCCCOc2ccccc2OC1.[Li+]. The van der Waals surface area contributed by atoms with Crippen molar-refractivity contribution in [2.75, 3.05) is 33.0 Å². The van der Waals surface area contributed by atoms with Gasteiger partial charge in [0.15, 0.2) is 23.0 Å². The maximum atomic E-state index is 11.4. The second kappa shape index (κ2) is 18.0. The van der Waals surface area contributed by atoms with Crippen molar-refractivity contribution in [3.8, 4) is 23.0 Å². The summed E-state index contributed by atoms with van der Waals surface area (Å²) in [4.78, 5) is 11.4. The number of carbonyl (C=O) groups excluding carboxylic acids is 1. The number of benzene rings is 2. The number of carboxylic acids is 1. The van der Waals surface area contributed by atoms with Crippen LogP contribution in [0, 0.1) is 0 Å². The van der Waals surface area contributed by atoms with Gasteiger partial charge in [-0.25, -0.2) is 0 Å². The summed E-state index contributed by atoms with van der Waals surface area (Å²) in [7, 11) is 0. The standard InChI is InChI=1S/C30H42O7.Li/c1-2-3-4-5-6-7-8-13-19-30(37-22-29(31)32)23-35-27-17-11-9-15-25(27)33-20-14-21-34-26-16-10-12-18-28(26)36-24-30;/h9-12,15-18H,2-8,13-14,19-24H2,1H3,(H,31,32);/q;+1/p-1. The molecule has 0 spiro atoms. The van der Waals surface area contributed by atoms with E-state index in [1.807, 2.05) is 48.5 Å². The summed E-state index contributed by atoms with van der Waals surface area (Å²) in [6.45, 7) is 2.83. The van der Waals surface area contributed by atoms with Gasteiger partial charge in [0.25, 0.3) is 0 Å². The molecule has 0 aliphatic carbocycles. The number of rotatable bonds is 12. The molecule has 204 valence electrons. The number of carbonyl (C=O) groups is 1. The van der Waals surface area contributed by atoms with Crippen LogP contribution in [0.3, 0.4) is 0 Å². The second-order valence-electron chi connectivity index (χ2n) is 9.59. The molecule has 38 heavy (non-hydrogen) atoms. The molecule has 3 rings (SSSR count). The average Bonchev–Trinajstić information content (AvgIpc) is 2.91. The number of unbranched alkanes of at least 4 members (excludes halogenated alkanes) is 7. The van der Waals surface area contributed by atoms with Gasteiger partial charge in [-0.3, -0.25) is 0 Å². The molecule has 0 saturated carbocycles. The van der Waals surface area contributed by atoms with E-state index in [0.717, 1.165) is 19.3 Å². The fraction of sp³-hybridized carbons (Fsp3) is 0.567. The number of carboxylic acid groups (broad SMARTS) is 1. The first kappa shape index (κ1) is 31.9. The Morgan fingerprint density at radius 2 is 1.21 bits per heavy atom. The first-order valence-electron chi connectivity index (χ1n) is 13.6. The van der Waals surface area contributed by atoms with Crippen LogP contribution >= 0.6 is 0 Å². The largest absolute Gasteiger partial charge is 1.00 e. The van der Waals surface area contributed by atoms with Crippen LogP contribution in [0.25, 0.3) is 0 Å². The maximum Gasteiger partial charge on any atom is 1.00 e. The predicted octanol–water partition coefficient (Wildman–Crippen LogP) is 2.35. The Labute approximate surface area is 239 Å². The summed E-state index contributed by atoms with van der Waals surface area (Å²) >= 11 is 0. The molecule has 1 aliphatic rings. The third kappa shape index (κ3) is 11.2. The number of fused-ring (bicyclic) bond motifs is 2. The molecule has 1 heterocycles. The third-order valence-electron chi connectivity index (χ3n) is 6.47. The Morgan fingerprint density at radius 1 is 0.763 bits per heavy atom. The maximum absolute atomic E-state index is 11.4. The molecule has 7 nitrogen and oxygen atoms in total. The van der Waals surface area contributed by atoms with Crippen molar-refractivity contribution >= 4 is 5.97 Å². The van der Waals surface area contributed by atoms with Gasteiger partial charge in [0.2, 0.25) is 0 Å². The second-order valence-corrected chi connectivity index (χ2v) is 9.59.